The van der Waals surface area contributed by atoms with Crippen molar-refractivity contribution in [2.24, 2.45) is 5.73 Å². The Hall–Kier alpha value is -2.55. The number of nitrogens with one attached hydrogen (secondary N) is 1. The van der Waals surface area contributed by atoms with Crippen LogP contribution in [0.25, 0.3) is 0 Å². The molecule has 2 rings (SSSR count). The minimum Gasteiger partial charge on any atom is -0.329 e. The van der Waals surface area contributed by atoms with E-state index in [0.717, 1.165) is 11.8 Å². The number of hydrogen-bond donors (Lipinski definition) is 2. The molecule has 1 aromatic rings. The Bertz CT molecular complexity index is 617. The van der Waals surface area contributed by atoms with Crippen LogP contribution in [0.5, 0.6) is 0 Å². The summed E-state index contributed by atoms with van der Waals surface area (Å²) in [6, 6.07) is 9.21. The van der Waals surface area contributed by atoms with E-state index in [9.17, 15) is 22.8 Å². The summed E-state index contributed by atoms with van der Waals surface area (Å²) in [5, 5.41) is 2.71. The lowest BCUT2D eigenvalue weighted by Gasteiger charge is -2.31. The molecule has 9 heteroatoms. The Morgan fingerprint density at radius 3 is 2.52 bits per heavy atom. The number of benzene rings is 1. The van der Waals surface area contributed by atoms with E-state index < -0.39 is 24.3 Å². The molecule has 1 unspecified atom stereocenters. The van der Waals surface area contributed by atoms with E-state index in [-0.39, 0.29) is 12.0 Å². The minimum absolute atomic E-state index is 0.158. The summed E-state index contributed by atoms with van der Waals surface area (Å²) in [5.41, 5.74) is 6.55. The van der Waals surface area contributed by atoms with Gasteiger partial charge in [0, 0.05) is 5.57 Å². The van der Waals surface area contributed by atoms with Crippen LogP contribution in [0, 0.1) is 0 Å². The number of halogens is 3. The fourth-order valence-corrected chi connectivity index (χ4v) is 1.92. The summed E-state index contributed by atoms with van der Waals surface area (Å²) in [4.78, 5) is 26.8. The summed E-state index contributed by atoms with van der Waals surface area (Å²) in [7, 11) is 0. The van der Waals surface area contributed by atoms with Crippen molar-refractivity contribution in [1.29, 1.82) is 0 Å². The van der Waals surface area contributed by atoms with Gasteiger partial charge >= 0.3 is 12.1 Å². The second-order valence-corrected chi connectivity index (χ2v) is 4.79. The zero-order chi connectivity index (χ0) is 17.0. The van der Waals surface area contributed by atoms with Crippen LogP contribution in [-0.4, -0.2) is 29.4 Å². The normalized spacial score (nSPS) is 18.3. The summed E-state index contributed by atoms with van der Waals surface area (Å²) < 4.78 is 36.7. The lowest BCUT2D eigenvalue weighted by molar-refractivity contribution is -0.237. The Labute approximate surface area is 129 Å². The van der Waals surface area contributed by atoms with Crippen molar-refractivity contribution in [3.8, 4) is 0 Å². The second kappa shape index (κ2) is 6.69. The number of hydroxylamine groups is 2. The third-order valence-electron chi connectivity index (χ3n) is 3.07. The number of carbonyl (C=O) groups is 2. The van der Waals surface area contributed by atoms with E-state index in [1.54, 1.807) is 0 Å². The van der Waals surface area contributed by atoms with Crippen LogP contribution in [0.3, 0.4) is 0 Å². The van der Waals surface area contributed by atoms with Gasteiger partial charge in [0.1, 0.15) is 0 Å². The molecule has 0 saturated heterocycles. The Balaban J connectivity index is 2.06. The van der Waals surface area contributed by atoms with E-state index in [1.165, 1.54) is 0 Å². The monoisotopic (exact) mass is 329 g/mol. The van der Waals surface area contributed by atoms with E-state index in [1.807, 2.05) is 30.3 Å². The van der Waals surface area contributed by atoms with Crippen LogP contribution in [0.15, 0.2) is 42.1 Å². The number of alkyl halides is 3. The quantitative estimate of drug-likeness (QED) is 0.867. The molecule has 0 saturated carbocycles. The van der Waals surface area contributed by atoms with E-state index >= 15 is 0 Å². The SMILES string of the molecule is NC1NC(=O)C(CCc2ccccc2)=CN1OC(=O)C(F)(F)F. The third-order valence-corrected chi connectivity index (χ3v) is 3.07. The zero-order valence-corrected chi connectivity index (χ0v) is 11.8. The predicted molar refractivity (Wildman–Crippen MR) is 73.0 cm³/mol. The molecule has 0 bridgehead atoms. The predicted octanol–water partition coefficient (Wildman–Crippen LogP) is 1.20. The first-order valence-electron chi connectivity index (χ1n) is 6.66. The molecule has 124 valence electrons. The van der Waals surface area contributed by atoms with E-state index in [2.05, 4.69) is 10.2 Å². The number of carbonyl (C=O) groups excluding carboxylic acids is 2. The van der Waals surface area contributed by atoms with Gasteiger partial charge < -0.3 is 10.2 Å². The first-order chi connectivity index (χ1) is 10.8. The molecule has 0 aliphatic carbocycles. The maximum atomic E-state index is 12.2. The highest BCUT2D eigenvalue weighted by Gasteiger charge is 2.43. The minimum atomic E-state index is -5.15. The van der Waals surface area contributed by atoms with E-state index in [0.29, 0.717) is 11.5 Å². The van der Waals surface area contributed by atoms with Gasteiger partial charge in [0.15, 0.2) is 6.29 Å². The Morgan fingerprint density at radius 2 is 1.91 bits per heavy atom. The molecule has 1 heterocycles. The number of rotatable bonds is 4. The van der Waals surface area contributed by atoms with Gasteiger partial charge in [-0.25, -0.2) is 4.79 Å². The van der Waals surface area contributed by atoms with Crippen LogP contribution >= 0.6 is 0 Å². The third kappa shape index (κ3) is 4.46. The van der Waals surface area contributed by atoms with Gasteiger partial charge in [-0.05, 0) is 18.4 Å². The second-order valence-electron chi connectivity index (χ2n) is 4.79. The maximum absolute atomic E-state index is 12.2. The van der Waals surface area contributed by atoms with Crippen LogP contribution in [0.1, 0.15) is 12.0 Å². The molecule has 1 aromatic carbocycles. The van der Waals surface area contributed by atoms with E-state index in [4.69, 9.17) is 5.73 Å². The first-order valence-corrected chi connectivity index (χ1v) is 6.66. The number of nitrogens with two attached hydrogens (primary N) is 1. The van der Waals surface area contributed by atoms with Crippen LogP contribution in [0.4, 0.5) is 13.2 Å². The van der Waals surface area contributed by atoms with Crippen molar-refractivity contribution in [1.82, 2.24) is 10.4 Å². The molecule has 0 radical (unpaired) electrons. The lowest BCUT2D eigenvalue weighted by Crippen LogP contribution is -2.56. The highest BCUT2D eigenvalue weighted by atomic mass is 19.4. The molecule has 0 fully saturated rings. The largest absolute Gasteiger partial charge is 0.493 e. The highest BCUT2D eigenvalue weighted by Crippen LogP contribution is 2.20. The van der Waals surface area contributed by atoms with Crippen molar-refractivity contribution in [3.05, 3.63) is 47.7 Å². The smallest absolute Gasteiger partial charge is 0.329 e. The van der Waals surface area contributed by atoms with Gasteiger partial charge in [-0.15, -0.1) is 0 Å². The summed E-state index contributed by atoms with van der Waals surface area (Å²) in [6.07, 6.45) is -4.77. The van der Waals surface area contributed by atoms with Crippen molar-refractivity contribution >= 4 is 11.9 Å². The van der Waals surface area contributed by atoms with Crippen LogP contribution in [0.2, 0.25) is 0 Å². The van der Waals surface area contributed by atoms with Gasteiger partial charge in [-0.2, -0.15) is 18.2 Å². The van der Waals surface area contributed by atoms with Crippen molar-refractivity contribution in [3.63, 3.8) is 0 Å². The standard InChI is InChI=1S/C14H14F3N3O3/c15-14(16,17)12(22)23-20-8-10(11(21)19-13(20)18)7-6-9-4-2-1-3-5-9/h1-5,8,13H,6-7,18H2,(H,19,21). The van der Waals surface area contributed by atoms with Crippen molar-refractivity contribution in [2.75, 3.05) is 0 Å². The van der Waals surface area contributed by atoms with Crippen LogP contribution < -0.4 is 11.1 Å². The average Bonchev–Trinajstić information content (AvgIpc) is 2.48. The molecule has 23 heavy (non-hydrogen) atoms. The molecule has 1 aliphatic heterocycles. The molecule has 1 atom stereocenters. The fourth-order valence-electron chi connectivity index (χ4n) is 1.92. The molecule has 0 aromatic heterocycles. The molecule has 6 nitrogen and oxygen atoms in total. The lowest BCUT2D eigenvalue weighted by atomic mass is 10.0. The zero-order valence-electron chi connectivity index (χ0n) is 11.8. The number of nitrogens with zero attached hydrogens (tertiary/aromatic N) is 1. The van der Waals surface area contributed by atoms with Gasteiger partial charge in [-0.3, -0.25) is 10.5 Å². The van der Waals surface area contributed by atoms with Crippen LogP contribution in [-0.2, 0) is 20.8 Å². The van der Waals surface area contributed by atoms with Gasteiger partial charge in [0.2, 0.25) is 0 Å². The van der Waals surface area contributed by atoms with Crippen molar-refractivity contribution < 1.29 is 27.6 Å². The number of hydrogen-bond acceptors (Lipinski definition) is 5. The molecular weight excluding hydrogens is 315 g/mol. The fraction of sp³-hybridized carbons (Fsp3) is 0.286. The topological polar surface area (TPSA) is 84.7 Å². The molecule has 3 N–H and O–H groups in total. The summed E-state index contributed by atoms with van der Waals surface area (Å²) in [5.74, 6) is -2.93. The summed E-state index contributed by atoms with van der Waals surface area (Å²) in [6.45, 7) is 0. The molecular formula is C14H14F3N3O3. The highest BCUT2D eigenvalue weighted by molar-refractivity contribution is 5.94. The maximum Gasteiger partial charge on any atom is 0.493 e. The summed E-state index contributed by atoms with van der Waals surface area (Å²) >= 11 is 0. The van der Waals surface area contributed by atoms with Crippen molar-refractivity contribution in [2.45, 2.75) is 25.3 Å². The molecule has 1 amide bonds. The molecule has 0 spiro atoms. The Morgan fingerprint density at radius 1 is 1.26 bits per heavy atom. The van der Waals surface area contributed by atoms with Gasteiger partial charge in [-0.1, -0.05) is 30.3 Å². The van der Waals surface area contributed by atoms with Gasteiger partial charge in [0.25, 0.3) is 5.91 Å². The average molecular weight is 329 g/mol. The van der Waals surface area contributed by atoms with Gasteiger partial charge in [0.05, 0.1) is 6.20 Å². The number of aryl methyl sites for hydroxylation is 1. The number of amides is 1. The Kier molecular flexibility index (Phi) is 4.89. The molecule has 1 aliphatic rings. The first kappa shape index (κ1) is 16.8.